The SMILES string of the molecule is Cc1ccc(CN2C(=O)CCC2c2nc(-c3ccc(CN)cc3)no2)cc1.Cl. The third-order valence-corrected chi connectivity index (χ3v) is 4.98. The minimum absolute atomic E-state index is 0. The van der Waals surface area contributed by atoms with Gasteiger partial charge in [0.05, 0.1) is 0 Å². The quantitative estimate of drug-likeness (QED) is 0.706. The first kappa shape index (κ1) is 20.0. The molecule has 28 heavy (non-hydrogen) atoms. The van der Waals surface area contributed by atoms with Crippen LogP contribution in [0.2, 0.25) is 0 Å². The molecule has 4 rings (SSSR count). The van der Waals surface area contributed by atoms with E-state index in [2.05, 4.69) is 34.4 Å². The zero-order valence-corrected chi connectivity index (χ0v) is 16.5. The highest BCUT2D eigenvalue weighted by molar-refractivity contribution is 5.85. The zero-order valence-electron chi connectivity index (χ0n) is 15.7. The molecular formula is C21H23ClN4O2. The summed E-state index contributed by atoms with van der Waals surface area (Å²) in [6.45, 7) is 3.09. The molecule has 0 spiro atoms. The van der Waals surface area contributed by atoms with Crippen LogP contribution in [0.5, 0.6) is 0 Å². The second-order valence-electron chi connectivity index (χ2n) is 6.92. The summed E-state index contributed by atoms with van der Waals surface area (Å²) in [5, 5.41) is 4.11. The maximum Gasteiger partial charge on any atom is 0.249 e. The van der Waals surface area contributed by atoms with Crippen LogP contribution in [0.15, 0.2) is 53.1 Å². The van der Waals surface area contributed by atoms with Crippen LogP contribution in [-0.4, -0.2) is 20.9 Å². The molecule has 1 atom stereocenters. The summed E-state index contributed by atoms with van der Waals surface area (Å²) in [5.41, 5.74) is 9.85. The largest absolute Gasteiger partial charge is 0.337 e. The number of benzene rings is 2. The van der Waals surface area contributed by atoms with Crippen LogP contribution < -0.4 is 5.73 Å². The van der Waals surface area contributed by atoms with Gasteiger partial charge in [0.15, 0.2) is 0 Å². The number of amides is 1. The predicted octanol–water partition coefficient (Wildman–Crippen LogP) is 3.79. The van der Waals surface area contributed by atoms with E-state index >= 15 is 0 Å². The van der Waals surface area contributed by atoms with Crippen molar-refractivity contribution < 1.29 is 9.32 Å². The third kappa shape index (κ3) is 4.08. The minimum Gasteiger partial charge on any atom is -0.337 e. The molecule has 2 N–H and O–H groups in total. The number of aromatic nitrogens is 2. The van der Waals surface area contributed by atoms with Crippen molar-refractivity contribution in [3.63, 3.8) is 0 Å². The molecule has 2 heterocycles. The van der Waals surface area contributed by atoms with Crippen molar-refractivity contribution in [2.45, 2.75) is 38.9 Å². The number of likely N-dealkylation sites (tertiary alicyclic amines) is 1. The van der Waals surface area contributed by atoms with Crippen molar-refractivity contribution in [1.29, 1.82) is 0 Å². The first-order valence-electron chi connectivity index (χ1n) is 9.12. The minimum atomic E-state index is -0.177. The van der Waals surface area contributed by atoms with E-state index < -0.39 is 0 Å². The first-order valence-corrected chi connectivity index (χ1v) is 9.12. The molecule has 0 radical (unpaired) electrons. The van der Waals surface area contributed by atoms with Gasteiger partial charge < -0.3 is 15.2 Å². The van der Waals surface area contributed by atoms with E-state index in [9.17, 15) is 4.79 Å². The Labute approximate surface area is 170 Å². The van der Waals surface area contributed by atoms with E-state index in [0.717, 1.165) is 16.7 Å². The van der Waals surface area contributed by atoms with Crippen LogP contribution in [0.3, 0.4) is 0 Å². The Morgan fingerprint density at radius 1 is 1.11 bits per heavy atom. The summed E-state index contributed by atoms with van der Waals surface area (Å²) in [7, 11) is 0. The van der Waals surface area contributed by atoms with Gasteiger partial charge >= 0.3 is 0 Å². The van der Waals surface area contributed by atoms with Gasteiger partial charge in [-0.3, -0.25) is 4.79 Å². The molecule has 1 aliphatic heterocycles. The molecular weight excluding hydrogens is 376 g/mol. The number of hydrogen-bond donors (Lipinski definition) is 1. The number of halogens is 1. The van der Waals surface area contributed by atoms with E-state index in [1.165, 1.54) is 5.56 Å². The van der Waals surface area contributed by atoms with Crippen LogP contribution in [0.1, 0.15) is 41.5 Å². The molecule has 3 aromatic rings. The number of hydrogen-bond acceptors (Lipinski definition) is 5. The Morgan fingerprint density at radius 2 is 1.79 bits per heavy atom. The Balaban J connectivity index is 0.00000225. The summed E-state index contributed by atoms with van der Waals surface area (Å²) in [6, 6.07) is 15.8. The Bertz CT molecular complexity index is 938. The fraction of sp³-hybridized carbons (Fsp3) is 0.286. The molecule has 1 aromatic heterocycles. The lowest BCUT2D eigenvalue weighted by atomic mass is 10.1. The van der Waals surface area contributed by atoms with Crippen molar-refractivity contribution >= 4 is 18.3 Å². The van der Waals surface area contributed by atoms with Gasteiger partial charge in [-0.15, -0.1) is 12.4 Å². The van der Waals surface area contributed by atoms with E-state index in [4.69, 9.17) is 10.3 Å². The monoisotopic (exact) mass is 398 g/mol. The maximum absolute atomic E-state index is 12.4. The maximum atomic E-state index is 12.4. The molecule has 1 amide bonds. The Hall–Kier alpha value is -2.70. The average Bonchev–Trinajstić information content (AvgIpc) is 3.31. The molecule has 0 bridgehead atoms. The first-order chi connectivity index (χ1) is 13.1. The molecule has 146 valence electrons. The van der Waals surface area contributed by atoms with Crippen molar-refractivity contribution in [2.75, 3.05) is 0 Å². The van der Waals surface area contributed by atoms with Crippen LogP contribution in [0.4, 0.5) is 0 Å². The number of nitrogens with zero attached hydrogens (tertiary/aromatic N) is 3. The van der Waals surface area contributed by atoms with Gasteiger partial charge in [0.25, 0.3) is 0 Å². The van der Waals surface area contributed by atoms with Gasteiger partial charge in [-0.05, 0) is 24.5 Å². The van der Waals surface area contributed by atoms with Gasteiger partial charge in [0.2, 0.25) is 17.6 Å². The van der Waals surface area contributed by atoms with Crippen LogP contribution in [0, 0.1) is 6.92 Å². The fourth-order valence-corrected chi connectivity index (χ4v) is 3.36. The number of nitrogens with two attached hydrogens (primary N) is 1. The van der Waals surface area contributed by atoms with Crippen molar-refractivity contribution in [3.05, 3.63) is 71.1 Å². The second-order valence-corrected chi connectivity index (χ2v) is 6.92. The van der Waals surface area contributed by atoms with Crippen molar-refractivity contribution in [2.24, 2.45) is 5.73 Å². The summed E-state index contributed by atoms with van der Waals surface area (Å²) in [6.07, 6.45) is 1.19. The summed E-state index contributed by atoms with van der Waals surface area (Å²) < 4.78 is 5.52. The summed E-state index contributed by atoms with van der Waals surface area (Å²) in [4.78, 5) is 18.8. The molecule has 6 nitrogen and oxygen atoms in total. The van der Waals surface area contributed by atoms with Crippen LogP contribution in [0.25, 0.3) is 11.4 Å². The highest BCUT2D eigenvalue weighted by Gasteiger charge is 2.36. The lowest BCUT2D eigenvalue weighted by molar-refractivity contribution is -0.129. The smallest absolute Gasteiger partial charge is 0.249 e. The van der Waals surface area contributed by atoms with Gasteiger partial charge in [-0.1, -0.05) is 59.3 Å². The van der Waals surface area contributed by atoms with E-state index in [1.54, 1.807) is 0 Å². The normalized spacial score (nSPS) is 16.3. The highest BCUT2D eigenvalue weighted by atomic mass is 35.5. The van der Waals surface area contributed by atoms with Crippen molar-refractivity contribution in [3.8, 4) is 11.4 Å². The lowest BCUT2D eigenvalue weighted by Crippen LogP contribution is -2.27. The van der Waals surface area contributed by atoms with Gasteiger partial charge in [0, 0.05) is 25.1 Å². The lowest BCUT2D eigenvalue weighted by Gasteiger charge is -2.22. The second kappa shape index (κ2) is 8.54. The fourth-order valence-electron chi connectivity index (χ4n) is 3.36. The standard InChI is InChI=1S/C21H22N4O2.ClH/c1-14-2-4-16(5-3-14)13-25-18(10-11-19(25)26)21-23-20(24-27-21)17-8-6-15(12-22)7-9-17;/h2-9,18H,10-13,22H2,1H3;1H. The molecule has 0 aliphatic carbocycles. The molecule has 2 aromatic carbocycles. The number of rotatable bonds is 5. The summed E-state index contributed by atoms with van der Waals surface area (Å²) in [5.74, 6) is 1.14. The third-order valence-electron chi connectivity index (χ3n) is 4.98. The molecule has 1 unspecified atom stereocenters. The Kier molecular flexibility index (Phi) is 6.11. The highest BCUT2D eigenvalue weighted by Crippen LogP contribution is 2.34. The zero-order chi connectivity index (χ0) is 18.8. The average molecular weight is 399 g/mol. The van der Waals surface area contributed by atoms with Gasteiger partial charge in [0.1, 0.15) is 6.04 Å². The summed E-state index contributed by atoms with van der Waals surface area (Å²) >= 11 is 0. The van der Waals surface area contributed by atoms with Gasteiger partial charge in [-0.2, -0.15) is 4.98 Å². The number of carbonyl (C=O) groups excluding carboxylic acids is 1. The molecule has 7 heteroatoms. The Morgan fingerprint density at radius 3 is 2.46 bits per heavy atom. The molecule has 1 saturated heterocycles. The van der Waals surface area contributed by atoms with Crippen LogP contribution >= 0.6 is 12.4 Å². The van der Waals surface area contributed by atoms with E-state index in [1.807, 2.05) is 36.1 Å². The molecule has 1 fully saturated rings. The molecule has 0 saturated carbocycles. The van der Waals surface area contributed by atoms with E-state index in [0.29, 0.717) is 37.6 Å². The van der Waals surface area contributed by atoms with Crippen molar-refractivity contribution in [1.82, 2.24) is 15.0 Å². The number of carbonyl (C=O) groups is 1. The van der Waals surface area contributed by atoms with Gasteiger partial charge in [-0.25, -0.2) is 0 Å². The molecule has 1 aliphatic rings. The van der Waals surface area contributed by atoms with Crippen LogP contribution in [-0.2, 0) is 17.9 Å². The van der Waals surface area contributed by atoms with E-state index in [-0.39, 0.29) is 24.4 Å². The predicted molar refractivity (Wildman–Crippen MR) is 109 cm³/mol. The number of aryl methyl sites for hydroxylation is 1. The topological polar surface area (TPSA) is 85.2 Å².